The van der Waals surface area contributed by atoms with Gasteiger partial charge in [-0.3, -0.25) is 9.79 Å². The second-order valence-electron chi connectivity index (χ2n) is 9.13. The van der Waals surface area contributed by atoms with Gasteiger partial charge in [-0.15, -0.1) is 24.0 Å². The third-order valence-corrected chi connectivity index (χ3v) is 5.11. The minimum atomic E-state index is -0.527. The molecule has 1 aliphatic rings. The van der Waals surface area contributed by atoms with Gasteiger partial charge in [0.15, 0.2) is 5.96 Å². The summed E-state index contributed by atoms with van der Waals surface area (Å²) in [5.41, 5.74) is -0.890. The van der Waals surface area contributed by atoms with Gasteiger partial charge in [-0.2, -0.15) is 0 Å². The molecule has 9 heteroatoms. The van der Waals surface area contributed by atoms with E-state index in [1.807, 2.05) is 34.9 Å². The Morgan fingerprint density at radius 3 is 2.23 bits per heavy atom. The molecular formula is C21H42IN5O3. The zero-order valence-corrected chi connectivity index (χ0v) is 22.1. The predicted octanol–water partition coefficient (Wildman–Crippen LogP) is 3.11. The minimum Gasteiger partial charge on any atom is -0.444 e. The molecule has 8 nitrogen and oxygen atoms in total. The number of aliphatic imine (C=N–C) groups is 1. The van der Waals surface area contributed by atoms with Gasteiger partial charge in [0.05, 0.1) is 5.41 Å². The second-order valence-corrected chi connectivity index (χ2v) is 9.13. The lowest BCUT2D eigenvalue weighted by Crippen LogP contribution is -2.51. The number of carbonyl (C=O) groups is 2. The van der Waals surface area contributed by atoms with Crippen molar-refractivity contribution in [1.82, 2.24) is 20.9 Å². The highest BCUT2D eigenvalue weighted by Gasteiger charge is 2.42. The topological polar surface area (TPSA) is 95.1 Å². The number of hydrogen-bond acceptors (Lipinski definition) is 4. The number of ether oxygens (including phenoxy) is 1. The smallest absolute Gasteiger partial charge is 0.407 e. The van der Waals surface area contributed by atoms with Crippen molar-refractivity contribution in [3.63, 3.8) is 0 Å². The van der Waals surface area contributed by atoms with Crippen molar-refractivity contribution < 1.29 is 14.3 Å². The summed E-state index contributed by atoms with van der Waals surface area (Å²) in [4.78, 5) is 30.8. The van der Waals surface area contributed by atoms with E-state index in [2.05, 4.69) is 27.9 Å². The highest BCUT2D eigenvalue weighted by Crippen LogP contribution is 2.38. The Labute approximate surface area is 199 Å². The average Bonchev–Trinajstić information content (AvgIpc) is 3.09. The molecule has 3 N–H and O–H groups in total. The van der Waals surface area contributed by atoms with Crippen LogP contribution < -0.4 is 16.0 Å². The molecule has 0 aromatic rings. The van der Waals surface area contributed by atoms with Crippen LogP contribution >= 0.6 is 24.0 Å². The Kier molecular flexibility index (Phi) is 12.7. The number of alkyl carbamates (subject to hydrolysis) is 1. The highest BCUT2D eigenvalue weighted by atomic mass is 127. The number of rotatable bonds is 8. The Hall–Kier alpha value is -1.26. The lowest BCUT2D eigenvalue weighted by molar-refractivity contribution is -0.138. The summed E-state index contributed by atoms with van der Waals surface area (Å²) in [5, 5.41) is 9.52. The normalized spacial score (nSPS) is 16.8. The van der Waals surface area contributed by atoms with Crippen molar-refractivity contribution in [3.05, 3.63) is 0 Å². The molecule has 1 aliphatic carbocycles. The summed E-state index contributed by atoms with van der Waals surface area (Å²) in [6, 6.07) is -0.0720. The number of nitrogens with one attached hydrogen (secondary N) is 3. The maximum atomic E-state index is 12.7. The molecule has 1 fully saturated rings. The quantitative estimate of drug-likeness (QED) is 0.250. The van der Waals surface area contributed by atoms with Gasteiger partial charge >= 0.3 is 6.09 Å². The molecule has 0 heterocycles. The van der Waals surface area contributed by atoms with Crippen molar-refractivity contribution in [2.75, 3.05) is 34.2 Å². The fraction of sp³-hybridized carbons (Fsp3) is 0.857. The zero-order chi connectivity index (χ0) is 22.1. The lowest BCUT2D eigenvalue weighted by Gasteiger charge is -2.31. The molecule has 0 spiro atoms. The summed E-state index contributed by atoms with van der Waals surface area (Å²) in [6.45, 7) is 8.70. The van der Waals surface area contributed by atoms with Crippen LogP contribution in [0.3, 0.4) is 0 Å². The van der Waals surface area contributed by atoms with Crippen LogP contribution in [0.4, 0.5) is 4.79 Å². The number of nitrogens with zero attached hydrogens (tertiary/aromatic N) is 2. The van der Waals surface area contributed by atoms with Crippen LogP contribution in [0.5, 0.6) is 0 Å². The fourth-order valence-electron chi connectivity index (χ4n) is 3.73. The first kappa shape index (κ1) is 28.7. The maximum Gasteiger partial charge on any atom is 0.407 e. The summed E-state index contributed by atoms with van der Waals surface area (Å²) >= 11 is 0. The molecule has 2 amide bonds. The van der Waals surface area contributed by atoms with Gasteiger partial charge < -0.3 is 25.6 Å². The molecular weight excluding hydrogens is 497 g/mol. The number of guanidine groups is 1. The first-order chi connectivity index (χ1) is 13.5. The standard InChI is InChI=1S/C21H41N5O3.HI/c1-8-11-16(25-19(28)29-20(2,3)4)14-23-18(22-5)24-15-21(12-9-10-13-21)17(27)26(6)7;/h16H,8-15H2,1-7H3,(H,25,28)(H2,22,23,24);1H. The number of amides is 2. The third-order valence-electron chi connectivity index (χ3n) is 5.11. The molecule has 1 atom stereocenters. The van der Waals surface area contributed by atoms with E-state index >= 15 is 0 Å². The Bertz CT molecular complexity index is 569. The van der Waals surface area contributed by atoms with Crippen molar-refractivity contribution in [2.24, 2.45) is 10.4 Å². The summed E-state index contributed by atoms with van der Waals surface area (Å²) in [5.74, 6) is 0.809. The van der Waals surface area contributed by atoms with Gasteiger partial charge in [0.25, 0.3) is 0 Å². The largest absolute Gasteiger partial charge is 0.444 e. The van der Waals surface area contributed by atoms with E-state index in [0.717, 1.165) is 38.5 Å². The molecule has 1 unspecified atom stereocenters. The van der Waals surface area contributed by atoms with Crippen LogP contribution in [0.25, 0.3) is 0 Å². The van der Waals surface area contributed by atoms with Crippen LogP contribution in [0, 0.1) is 5.41 Å². The van der Waals surface area contributed by atoms with Gasteiger partial charge in [-0.1, -0.05) is 26.2 Å². The maximum absolute atomic E-state index is 12.7. The highest BCUT2D eigenvalue weighted by molar-refractivity contribution is 14.0. The van der Waals surface area contributed by atoms with E-state index < -0.39 is 11.7 Å². The zero-order valence-electron chi connectivity index (χ0n) is 19.8. The van der Waals surface area contributed by atoms with Gasteiger partial charge in [0.2, 0.25) is 5.91 Å². The minimum absolute atomic E-state index is 0. The van der Waals surface area contributed by atoms with E-state index in [4.69, 9.17) is 4.74 Å². The second kappa shape index (κ2) is 13.2. The molecule has 30 heavy (non-hydrogen) atoms. The molecule has 0 aliphatic heterocycles. The van der Waals surface area contributed by atoms with Crippen LogP contribution in [-0.4, -0.2) is 68.7 Å². The molecule has 1 saturated carbocycles. The van der Waals surface area contributed by atoms with Crippen molar-refractivity contribution in [3.8, 4) is 0 Å². The van der Waals surface area contributed by atoms with Crippen LogP contribution in [0.1, 0.15) is 66.2 Å². The average molecular weight is 540 g/mol. The molecule has 0 aromatic carbocycles. The monoisotopic (exact) mass is 539 g/mol. The Morgan fingerprint density at radius 2 is 1.77 bits per heavy atom. The first-order valence-corrected chi connectivity index (χ1v) is 10.7. The van der Waals surface area contributed by atoms with Crippen molar-refractivity contribution in [2.45, 2.75) is 77.9 Å². The van der Waals surface area contributed by atoms with Gasteiger partial charge in [-0.25, -0.2) is 4.79 Å². The predicted molar refractivity (Wildman–Crippen MR) is 132 cm³/mol. The van der Waals surface area contributed by atoms with Crippen molar-refractivity contribution >= 4 is 41.9 Å². The van der Waals surface area contributed by atoms with E-state index in [1.54, 1.807) is 11.9 Å². The summed E-state index contributed by atoms with van der Waals surface area (Å²) in [7, 11) is 5.33. The molecule has 1 rings (SSSR count). The molecule has 0 saturated heterocycles. The number of hydrogen-bond donors (Lipinski definition) is 3. The van der Waals surface area contributed by atoms with E-state index in [-0.39, 0.29) is 41.3 Å². The number of halogens is 1. The van der Waals surface area contributed by atoms with E-state index in [0.29, 0.717) is 19.0 Å². The van der Waals surface area contributed by atoms with Gasteiger partial charge in [-0.05, 0) is 40.0 Å². The lowest BCUT2D eigenvalue weighted by atomic mass is 9.84. The molecule has 0 aromatic heterocycles. The van der Waals surface area contributed by atoms with Crippen molar-refractivity contribution in [1.29, 1.82) is 0 Å². The Morgan fingerprint density at radius 1 is 1.17 bits per heavy atom. The van der Waals surface area contributed by atoms with Crippen LogP contribution in [0.2, 0.25) is 0 Å². The van der Waals surface area contributed by atoms with Crippen LogP contribution in [0.15, 0.2) is 4.99 Å². The van der Waals surface area contributed by atoms with Gasteiger partial charge in [0.1, 0.15) is 5.60 Å². The van der Waals surface area contributed by atoms with Gasteiger partial charge in [0, 0.05) is 40.3 Å². The van der Waals surface area contributed by atoms with E-state index in [9.17, 15) is 9.59 Å². The molecule has 0 bridgehead atoms. The third kappa shape index (κ3) is 9.70. The summed E-state index contributed by atoms with van der Waals surface area (Å²) < 4.78 is 5.36. The Balaban J connectivity index is 0.00000841. The number of carbonyl (C=O) groups excluding carboxylic acids is 2. The van der Waals surface area contributed by atoms with E-state index in [1.165, 1.54) is 0 Å². The van der Waals surface area contributed by atoms with Crippen LogP contribution in [-0.2, 0) is 9.53 Å². The SMILES string of the molecule is CCCC(CNC(=NC)NCC1(C(=O)N(C)C)CCCC1)NC(=O)OC(C)(C)C.I. The molecule has 176 valence electrons. The fourth-order valence-corrected chi connectivity index (χ4v) is 3.73. The first-order valence-electron chi connectivity index (χ1n) is 10.7. The molecule has 0 radical (unpaired) electrons. The summed E-state index contributed by atoms with van der Waals surface area (Å²) in [6.07, 6.45) is 5.29.